The summed E-state index contributed by atoms with van der Waals surface area (Å²) in [4.78, 5) is 5.30. The van der Waals surface area contributed by atoms with Gasteiger partial charge in [0.15, 0.2) is 0 Å². The van der Waals surface area contributed by atoms with Gasteiger partial charge in [0.05, 0.1) is 6.61 Å². The molecule has 2 fully saturated rings. The minimum atomic E-state index is -1.39. The first-order valence-electron chi connectivity index (χ1n) is 13.8. The van der Waals surface area contributed by atoms with Crippen LogP contribution in [0.25, 0.3) is 0 Å². The Hall–Kier alpha value is -2.06. The molecule has 0 unspecified atom stereocenters. The van der Waals surface area contributed by atoms with Crippen LogP contribution in [-0.4, -0.2) is 57.2 Å². The third kappa shape index (κ3) is 6.20. The molecule has 0 saturated carbocycles. The number of likely N-dealkylation sites (tertiary alicyclic amines) is 1. The maximum atomic E-state index is 6.28. The molecule has 2 aromatic rings. The van der Waals surface area contributed by atoms with Crippen molar-refractivity contribution in [1.29, 1.82) is 0 Å². The van der Waals surface area contributed by atoms with Crippen molar-refractivity contribution in [2.24, 2.45) is 0 Å². The highest BCUT2D eigenvalue weighted by molar-refractivity contribution is 6.83. The fraction of sp³-hybridized carbons (Fsp3) is 0.548. The van der Waals surface area contributed by atoms with E-state index in [9.17, 15) is 0 Å². The fourth-order valence-electron chi connectivity index (χ4n) is 6.02. The first-order valence-corrected chi connectivity index (χ1v) is 17.3. The number of piperidine rings is 1. The van der Waals surface area contributed by atoms with Gasteiger partial charge in [0.25, 0.3) is 0 Å². The Labute approximate surface area is 213 Å². The summed E-state index contributed by atoms with van der Waals surface area (Å²) < 4.78 is 6.28. The maximum Gasteiger partial charge on any atom is 0.129 e. The van der Waals surface area contributed by atoms with E-state index in [1.165, 1.54) is 75.0 Å². The molecule has 2 aromatic carbocycles. The molecule has 3 heterocycles. The standard InChI is InChI=1S/C31H42N2OSi/c1-35(2,3)21-15-25-10-7-11-26(22-25)30-24-33-19-8-12-31(33)29-23-27(13-14-28(29)30)34-20-9-18-32-16-5-4-6-17-32/h7,10-11,13-14,22-23,30-31H,4-6,8-9,12,16-20,24H2,1-3H3/t30-,31+/m0/s1. The van der Waals surface area contributed by atoms with Gasteiger partial charge in [-0.15, -0.1) is 5.54 Å². The number of ether oxygens (including phenoxy) is 1. The molecule has 0 spiro atoms. The number of hydrogen-bond donors (Lipinski definition) is 0. The van der Waals surface area contributed by atoms with Gasteiger partial charge in [-0.05, 0) is 92.7 Å². The zero-order valence-electron chi connectivity index (χ0n) is 22.0. The summed E-state index contributed by atoms with van der Waals surface area (Å²) in [7, 11) is -1.39. The zero-order chi connectivity index (χ0) is 24.3. The van der Waals surface area contributed by atoms with E-state index in [1.807, 2.05) is 0 Å². The van der Waals surface area contributed by atoms with Crippen LogP contribution in [0.3, 0.4) is 0 Å². The van der Waals surface area contributed by atoms with Crippen LogP contribution < -0.4 is 4.74 Å². The molecule has 0 aromatic heterocycles. The molecule has 3 nitrogen and oxygen atoms in total. The van der Waals surface area contributed by atoms with Crippen LogP contribution in [0.5, 0.6) is 5.75 Å². The second-order valence-electron chi connectivity index (χ2n) is 11.7. The Kier molecular flexibility index (Phi) is 7.67. The molecule has 0 radical (unpaired) electrons. The Morgan fingerprint density at radius 1 is 0.943 bits per heavy atom. The van der Waals surface area contributed by atoms with Gasteiger partial charge in [-0.25, -0.2) is 0 Å². The monoisotopic (exact) mass is 486 g/mol. The molecule has 0 amide bonds. The van der Waals surface area contributed by atoms with Crippen LogP contribution in [-0.2, 0) is 0 Å². The van der Waals surface area contributed by atoms with Gasteiger partial charge in [-0.3, -0.25) is 4.90 Å². The lowest BCUT2D eigenvalue weighted by Crippen LogP contribution is -2.34. The van der Waals surface area contributed by atoms with Gasteiger partial charge >= 0.3 is 0 Å². The minimum absolute atomic E-state index is 0.404. The van der Waals surface area contributed by atoms with Gasteiger partial charge in [0.2, 0.25) is 0 Å². The normalized spacial score (nSPS) is 22.7. The lowest BCUT2D eigenvalue weighted by Gasteiger charge is -2.38. The molecule has 35 heavy (non-hydrogen) atoms. The fourth-order valence-corrected chi connectivity index (χ4v) is 6.54. The van der Waals surface area contributed by atoms with Crippen molar-refractivity contribution in [2.75, 3.05) is 39.3 Å². The maximum absolute atomic E-state index is 6.28. The van der Waals surface area contributed by atoms with Crippen LogP contribution in [0.4, 0.5) is 0 Å². The van der Waals surface area contributed by atoms with E-state index >= 15 is 0 Å². The lowest BCUT2D eigenvalue weighted by molar-refractivity contribution is 0.204. The Morgan fingerprint density at radius 3 is 2.63 bits per heavy atom. The molecule has 2 atom stereocenters. The molecule has 4 heteroatoms. The molecule has 0 N–H and O–H groups in total. The lowest BCUT2D eigenvalue weighted by atomic mass is 9.81. The Bertz CT molecular complexity index is 1070. The van der Waals surface area contributed by atoms with Crippen molar-refractivity contribution in [1.82, 2.24) is 9.80 Å². The van der Waals surface area contributed by atoms with Crippen LogP contribution in [0.1, 0.15) is 72.7 Å². The number of rotatable bonds is 6. The molecule has 186 valence electrons. The number of fused-ring (bicyclic) bond motifs is 3. The van der Waals surface area contributed by atoms with Crippen molar-refractivity contribution in [3.63, 3.8) is 0 Å². The summed E-state index contributed by atoms with van der Waals surface area (Å²) in [6.07, 6.45) is 7.79. The van der Waals surface area contributed by atoms with E-state index in [4.69, 9.17) is 4.74 Å². The third-order valence-electron chi connectivity index (χ3n) is 7.78. The summed E-state index contributed by atoms with van der Waals surface area (Å²) in [5, 5.41) is 0. The Balaban J connectivity index is 1.32. The highest BCUT2D eigenvalue weighted by Crippen LogP contribution is 2.45. The van der Waals surface area contributed by atoms with Crippen LogP contribution in [0.2, 0.25) is 19.6 Å². The van der Waals surface area contributed by atoms with E-state index in [0.29, 0.717) is 12.0 Å². The van der Waals surface area contributed by atoms with Crippen molar-refractivity contribution in [3.05, 3.63) is 64.7 Å². The number of nitrogens with zero attached hydrogens (tertiary/aromatic N) is 2. The van der Waals surface area contributed by atoms with Gasteiger partial charge in [-0.1, -0.05) is 50.2 Å². The van der Waals surface area contributed by atoms with Crippen LogP contribution in [0, 0.1) is 11.5 Å². The van der Waals surface area contributed by atoms with Gasteiger partial charge in [0.1, 0.15) is 13.8 Å². The van der Waals surface area contributed by atoms with E-state index < -0.39 is 8.07 Å². The van der Waals surface area contributed by atoms with Crippen molar-refractivity contribution >= 4 is 8.07 Å². The predicted molar refractivity (Wildman–Crippen MR) is 149 cm³/mol. The van der Waals surface area contributed by atoms with E-state index in [1.54, 1.807) is 0 Å². The first-order chi connectivity index (χ1) is 17.0. The molecule has 0 aliphatic carbocycles. The highest BCUT2D eigenvalue weighted by Gasteiger charge is 2.36. The average Bonchev–Trinajstić information content (AvgIpc) is 3.34. The molecule has 2 saturated heterocycles. The number of benzene rings is 2. The molecule has 3 aliphatic heterocycles. The predicted octanol–water partition coefficient (Wildman–Crippen LogP) is 6.45. The van der Waals surface area contributed by atoms with Crippen LogP contribution >= 0.6 is 0 Å². The van der Waals surface area contributed by atoms with E-state index in [-0.39, 0.29) is 0 Å². The zero-order valence-corrected chi connectivity index (χ0v) is 23.0. The molecule has 3 aliphatic rings. The van der Waals surface area contributed by atoms with Gasteiger partial charge in [-0.2, -0.15) is 0 Å². The second-order valence-corrected chi connectivity index (χ2v) is 16.5. The summed E-state index contributed by atoms with van der Waals surface area (Å²) in [5.74, 6) is 4.92. The van der Waals surface area contributed by atoms with Gasteiger partial charge < -0.3 is 9.64 Å². The Morgan fingerprint density at radius 2 is 1.80 bits per heavy atom. The largest absolute Gasteiger partial charge is 0.494 e. The van der Waals surface area contributed by atoms with Crippen molar-refractivity contribution in [3.8, 4) is 17.2 Å². The average molecular weight is 487 g/mol. The first kappa shape index (κ1) is 24.6. The van der Waals surface area contributed by atoms with Crippen molar-refractivity contribution < 1.29 is 4.74 Å². The summed E-state index contributed by atoms with van der Waals surface area (Å²) >= 11 is 0. The molecular formula is C31H42N2OSi. The summed E-state index contributed by atoms with van der Waals surface area (Å²) in [5.41, 5.74) is 9.07. The molecule has 5 rings (SSSR count). The van der Waals surface area contributed by atoms with Gasteiger partial charge in [0, 0.05) is 30.6 Å². The minimum Gasteiger partial charge on any atom is -0.494 e. The third-order valence-corrected chi connectivity index (χ3v) is 8.66. The SMILES string of the molecule is C[Si](C)(C)C#Cc1cccc([C@@H]2CN3CCC[C@@H]3c3cc(OCCCN4CCCCC4)ccc32)c1. The topological polar surface area (TPSA) is 15.7 Å². The van der Waals surface area contributed by atoms with Crippen molar-refractivity contribution in [2.45, 2.75) is 70.1 Å². The molecule has 0 bridgehead atoms. The van der Waals surface area contributed by atoms with Crippen LogP contribution in [0.15, 0.2) is 42.5 Å². The molecular weight excluding hydrogens is 444 g/mol. The second kappa shape index (κ2) is 10.9. The summed E-state index contributed by atoms with van der Waals surface area (Å²) in [6.45, 7) is 13.7. The van der Waals surface area contributed by atoms with E-state index in [0.717, 1.165) is 30.9 Å². The highest BCUT2D eigenvalue weighted by atomic mass is 28.3. The summed E-state index contributed by atoms with van der Waals surface area (Å²) in [6, 6.07) is 16.5. The quantitative estimate of drug-likeness (QED) is 0.265. The smallest absolute Gasteiger partial charge is 0.129 e. The van der Waals surface area contributed by atoms with E-state index in [2.05, 4.69) is 83.4 Å². The number of hydrogen-bond acceptors (Lipinski definition) is 3.